The first kappa shape index (κ1) is 8.37. The van der Waals surface area contributed by atoms with Crippen molar-refractivity contribution in [3.8, 4) is 5.75 Å². The molecule has 0 radical (unpaired) electrons. The number of hydrogen-bond acceptors (Lipinski definition) is 2. The van der Waals surface area contributed by atoms with Gasteiger partial charge >= 0.3 is 65.8 Å². The predicted molar refractivity (Wildman–Crippen MR) is 36.8 cm³/mol. The maximum atomic E-state index is 12.0. The molecule has 1 unspecified atom stereocenters. The van der Waals surface area contributed by atoms with Crippen molar-refractivity contribution < 1.29 is 15.0 Å². The number of halogens is 1. The van der Waals surface area contributed by atoms with Crippen molar-refractivity contribution >= 4 is 14.6 Å². The molecule has 0 bridgehead atoms. The van der Waals surface area contributed by atoms with Crippen LogP contribution in [0, 0.1) is 0 Å². The summed E-state index contributed by atoms with van der Waals surface area (Å²) in [4.78, 5) is 0. The zero-order valence-electron chi connectivity index (χ0n) is 5.48. The first-order valence-electron chi connectivity index (χ1n) is 2.85. The Morgan fingerprint density at radius 2 is 1.91 bits per heavy atom. The van der Waals surface area contributed by atoms with E-state index < -0.39 is 14.6 Å². The van der Waals surface area contributed by atoms with E-state index in [1.54, 1.807) is 18.2 Å². The molecular formula is C6H6AsFO3. The Balaban J connectivity index is 2.74. The topological polar surface area (TPSA) is 46.5 Å². The zero-order valence-corrected chi connectivity index (χ0v) is 7.35. The van der Waals surface area contributed by atoms with Gasteiger partial charge in [-0.3, -0.25) is 0 Å². The number of benzene rings is 1. The first-order valence-corrected chi connectivity index (χ1v) is 5.93. The summed E-state index contributed by atoms with van der Waals surface area (Å²) in [5, 5.41) is 0. The average Bonchev–Trinajstić information content (AvgIpc) is 1.85. The van der Waals surface area contributed by atoms with E-state index in [1.807, 2.05) is 0 Å². The van der Waals surface area contributed by atoms with Crippen LogP contribution in [0.15, 0.2) is 30.3 Å². The molecule has 3 nitrogen and oxygen atoms in total. The minimum absolute atomic E-state index is 0.0694. The second-order valence-corrected chi connectivity index (χ2v) is 4.13. The van der Waals surface area contributed by atoms with Crippen molar-refractivity contribution in [3.63, 3.8) is 0 Å². The normalized spacial score (nSPS) is 15.5. The van der Waals surface area contributed by atoms with Gasteiger partial charge in [0.05, 0.1) is 0 Å². The van der Waals surface area contributed by atoms with Crippen LogP contribution in [0.3, 0.4) is 0 Å². The molecule has 0 aliphatic rings. The van der Waals surface area contributed by atoms with Gasteiger partial charge in [-0.2, -0.15) is 0 Å². The Kier molecular flexibility index (Phi) is 2.37. The average molecular weight is 220 g/mol. The molecule has 0 saturated heterocycles. The van der Waals surface area contributed by atoms with Gasteiger partial charge in [-0.05, 0) is 0 Å². The van der Waals surface area contributed by atoms with Crippen molar-refractivity contribution in [2.24, 2.45) is 0 Å². The van der Waals surface area contributed by atoms with Gasteiger partial charge < -0.3 is 0 Å². The van der Waals surface area contributed by atoms with Gasteiger partial charge in [0.1, 0.15) is 0 Å². The quantitative estimate of drug-likeness (QED) is 0.753. The molecule has 0 aliphatic carbocycles. The second-order valence-electron chi connectivity index (χ2n) is 1.86. The summed E-state index contributed by atoms with van der Waals surface area (Å²) in [7, 11) is 0. The van der Waals surface area contributed by atoms with Crippen molar-refractivity contribution in [3.05, 3.63) is 30.3 Å². The molecule has 0 aliphatic heterocycles. The van der Waals surface area contributed by atoms with E-state index in [1.165, 1.54) is 12.1 Å². The molecule has 1 atom stereocenters. The Labute approximate surface area is 66.3 Å². The molecule has 1 N–H and O–H groups in total. The summed E-state index contributed by atoms with van der Waals surface area (Å²) >= 11 is -5.46. The molecule has 11 heavy (non-hydrogen) atoms. The summed E-state index contributed by atoms with van der Waals surface area (Å²) < 4.78 is 34.4. The first-order chi connectivity index (χ1) is 5.08. The molecule has 1 aromatic rings. The van der Waals surface area contributed by atoms with E-state index >= 15 is 0 Å². The van der Waals surface area contributed by atoms with Gasteiger partial charge in [0.25, 0.3) is 0 Å². The molecule has 0 amide bonds. The third-order valence-corrected chi connectivity index (χ3v) is 1.88. The fraction of sp³-hybridized carbons (Fsp3) is 0. The minimum atomic E-state index is -5.46. The molecule has 0 aromatic heterocycles. The monoisotopic (exact) mass is 220 g/mol. The summed E-state index contributed by atoms with van der Waals surface area (Å²) in [5.74, 6) is 0.0694. The summed E-state index contributed by atoms with van der Waals surface area (Å²) in [6, 6.07) is 7.68. The molecular weight excluding hydrogens is 214 g/mol. The second kappa shape index (κ2) is 3.11. The van der Waals surface area contributed by atoms with Crippen LogP contribution < -0.4 is 3.73 Å². The molecule has 60 valence electrons. The summed E-state index contributed by atoms with van der Waals surface area (Å²) in [5.41, 5.74) is 0. The van der Waals surface area contributed by atoms with Gasteiger partial charge in [0.15, 0.2) is 0 Å². The third kappa shape index (κ3) is 3.25. The Hall–Kier alpha value is -0.732. The third-order valence-electron chi connectivity index (χ3n) is 0.961. The van der Waals surface area contributed by atoms with Gasteiger partial charge in [-0.15, -0.1) is 0 Å². The molecule has 0 heterocycles. The van der Waals surface area contributed by atoms with Crippen molar-refractivity contribution in [2.45, 2.75) is 0 Å². The van der Waals surface area contributed by atoms with Crippen LogP contribution >= 0.6 is 0 Å². The Bertz CT molecular complexity index is 268. The van der Waals surface area contributed by atoms with E-state index in [0.29, 0.717) is 0 Å². The number of rotatable bonds is 2. The van der Waals surface area contributed by atoms with E-state index in [2.05, 4.69) is 3.73 Å². The van der Waals surface area contributed by atoms with Crippen LogP contribution in [0.2, 0.25) is 0 Å². The maximum absolute atomic E-state index is 12.0. The van der Waals surface area contributed by atoms with Crippen LogP contribution in [0.25, 0.3) is 0 Å². The molecule has 0 fully saturated rings. The number of hydrogen-bond donors (Lipinski definition) is 1. The van der Waals surface area contributed by atoms with Gasteiger partial charge in [0.2, 0.25) is 0 Å². The standard InChI is InChI=1S/C6H6AsFO3/c8-7(9,10)11-6-4-2-1-3-5-6/h1-5H,(H,9,10). The van der Waals surface area contributed by atoms with Crippen molar-refractivity contribution in [1.82, 2.24) is 0 Å². The predicted octanol–water partition coefficient (Wildman–Crippen LogP) is 0.893. The van der Waals surface area contributed by atoms with Crippen LogP contribution in [0.5, 0.6) is 5.75 Å². The summed E-state index contributed by atoms with van der Waals surface area (Å²) in [6.07, 6.45) is 0. The summed E-state index contributed by atoms with van der Waals surface area (Å²) in [6.45, 7) is 0. The Morgan fingerprint density at radius 3 is 2.36 bits per heavy atom. The van der Waals surface area contributed by atoms with Gasteiger partial charge in [-0.25, -0.2) is 0 Å². The fourth-order valence-corrected chi connectivity index (χ4v) is 1.41. The fourth-order valence-electron chi connectivity index (χ4n) is 0.611. The zero-order chi connectivity index (χ0) is 8.32. The molecule has 5 heteroatoms. The SMILES string of the molecule is O=[As](O)(F)Oc1ccccc1. The van der Waals surface area contributed by atoms with Crippen molar-refractivity contribution in [1.29, 1.82) is 0 Å². The van der Waals surface area contributed by atoms with Crippen LogP contribution in [0.1, 0.15) is 0 Å². The van der Waals surface area contributed by atoms with Gasteiger partial charge in [-0.1, -0.05) is 0 Å². The van der Waals surface area contributed by atoms with E-state index in [4.69, 9.17) is 4.10 Å². The molecule has 0 saturated carbocycles. The molecule has 1 rings (SSSR count). The number of para-hydroxylation sites is 1. The van der Waals surface area contributed by atoms with E-state index in [0.717, 1.165) is 0 Å². The molecule has 0 spiro atoms. The van der Waals surface area contributed by atoms with Crippen LogP contribution in [-0.4, -0.2) is 18.7 Å². The van der Waals surface area contributed by atoms with E-state index in [-0.39, 0.29) is 5.75 Å². The van der Waals surface area contributed by atoms with Crippen LogP contribution in [0.4, 0.5) is 3.47 Å². The van der Waals surface area contributed by atoms with E-state index in [9.17, 15) is 7.21 Å². The van der Waals surface area contributed by atoms with Crippen LogP contribution in [-0.2, 0) is 3.74 Å². The van der Waals surface area contributed by atoms with Crippen molar-refractivity contribution in [2.75, 3.05) is 0 Å². The van der Waals surface area contributed by atoms with Gasteiger partial charge in [0, 0.05) is 0 Å². The Morgan fingerprint density at radius 1 is 1.36 bits per heavy atom. The molecule has 1 aromatic carbocycles.